The first-order chi connectivity index (χ1) is 10.9. The third kappa shape index (κ3) is 4.12. The largest absolute Gasteiger partial charge is 0.478 e. The smallest absolute Gasteiger partial charge is 0.328 e. The SMILES string of the molecule is CC(C)N(C)c1nc(C=CC(=O)O)cnc1-c1ccc(F)cc1. The molecule has 0 aliphatic heterocycles. The van der Waals surface area contributed by atoms with E-state index in [0.717, 1.165) is 11.6 Å². The second-order valence-electron chi connectivity index (χ2n) is 5.35. The van der Waals surface area contributed by atoms with Crippen LogP contribution in [0.5, 0.6) is 0 Å². The molecule has 0 saturated carbocycles. The summed E-state index contributed by atoms with van der Waals surface area (Å²) in [6, 6.07) is 6.19. The lowest BCUT2D eigenvalue weighted by Gasteiger charge is -2.24. The first-order valence-electron chi connectivity index (χ1n) is 7.15. The molecule has 0 amide bonds. The third-order valence-electron chi connectivity index (χ3n) is 3.40. The van der Waals surface area contributed by atoms with Crippen LogP contribution >= 0.6 is 0 Å². The quantitative estimate of drug-likeness (QED) is 0.858. The van der Waals surface area contributed by atoms with E-state index in [1.165, 1.54) is 24.4 Å². The Bertz CT molecular complexity index is 727. The van der Waals surface area contributed by atoms with Crippen LogP contribution in [0.25, 0.3) is 17.3 Å². The highest BCUT2D eigenvalue weighted by atomic mass is 19.1. The Morgan fingerprint density at radius 3 is 2.52 bits per heavy atom. The lowest BCUT2D eigenvalue weighted by Crippen LogP contribution is -2.27. The molecular formula is C17H18FN3O2. The summed E-state index contributed by atoms with van der Waals surface area (Å²) in [7, 11) is 1.88. The predicted octanol–water partition coefficient (Wildman–Crippen LogP) is 3.23. The van der Waals surface area contributed by atoms with Gasteiger partial charge < -0.3 is 10.0 Å². The minimum Gasteiger partial charge on any atom is -0.478 e. The number of halogens is 1. The van der Waals surface area contributed by atoms with Crippen molar-refractivity contribution in [3.63, 3.8) is 0 Å². The molecule has 1 N–H and O–H groups in total. The fourth-order valence-electron chi connectivity index (χ4n) is 1.93. The fourth-order valence-corrected chi connectivity index (χ4v) is 1.93. The van der Waals surface area contributed by atoms with E-state index in [1.54, 1.807) is 12.1 Å². The van der Waals surface area contributed by atoms with Gasteiger partial charge in [-0.05, 0) is 44.2 Å². The third-order valence-corrected chi connectivity index (χ3v) is 3.40. The van der Waals surface area contributed by atoms with Crippen LogP contribution in [0, 0.1) is 5.82 Å². The predicted molar refractivity (Wildman–Crippen MR) is 87.6 cm³/mol. The van der Waals surface area contributed by atoms with Crippen molar-refractivity contribution in [1.29, 1.82) is 0 Å². The van der Waals surface area contributed by atoms with E-state index in [9.17, 15) is 9.18 Å². The molecule has 0 bridgehead atoms. The van der Waals surface area contributed by atoms with Gasteiger partial charge in [0.15, 0.2) is 5.82 Å². The molecule has 0 atom stereocenters. The molecule has 1 aromatic heterocycles. The maximum atomic E-state index is 13.1. The molecule has 0 aliphatic carbocycles. The molecule has 0 spiro atoms. The average Bonchev–Trinajstić information content (AvgIpc) is 2.52. The van der Waals surface area contributed by atoms with Gasteiger partial charge in [0.05, 0.1) is 11.9 Å². The van der Waals surface area contributed by atoms with Gasteiger partial charge in [0.25, 0.3) is 0 Å². The number of benzene rings is 1. The van der Waals surface area contributed by atoms with Crippen LogP contribution in [-0.2, 0) is 4.79 Å². The topological polar surface area (TPSA) is 66.3 Å². The van der Waals surface area contributed by atoms with Crippen molar-refractivity contribution in [3.8, 4) is 11.3 Å². The molecular weight excluding hydrogens is 297 g/mol. The van der Waals surface area contributed by atoms with Gasteiger partial charge in [-0.25, -0.2) is 14.2 Å². The number of aromatic nitrogens is 2. The van der Waals surface area contributed by atoms with E-state index in [1.807, 2.05) is 25.8 Å². The van der Waals surface area contributed by atoms with Gasteiger partial charge in [-0.3, -0.25) is 4.98 Å². The number of rotatable bonds is 5. The lowest BCUT2D eigenvalue weighted by atomic mass is 10.1. The van der Waals surface area contributed by atoms with Gasteiger partial charge >= 0.3 is 5.97 Å². The molecule has 0 saturated heterocycles. The van der Waals surface area contributed by atoms with Crippen molar-refractivity contribution in [3.05, 3.63) is 48.0 Å². The number of carbonyl (C=O) groups is 1. The second kappa shape index (κ2) is 7.00. The number of aliphatic carboxylic acids is 1. The standard InChI is InChI=1S/C17H18FN3O2/c1-11(2)21(3)17-16(12-4-6-13(18)7-5-12)19-10-14(20-17)8-9-15(22)23/h4-11H,1-3H3,(H,22,23). The van der Waals surface area contributed by atoms with E-state index in [0.29, 0.717) is 17.2 Å². The number of carboxylic acids is 1. The molecule has 0 radical (unpaired) electrons. The maximum absolute atomic E-state index is 13.1. The number of carboxylic acid groups (broad SMARTS) is 1. The first kappa shape index (κ1) is 16.6. The van der Waals surface area contributed by atoms with E-state index >= 15 is 0 Å². The van der Waals surface area contributed by atoms with Gasteiger partial charge in [-0.1, -0.05) is 0 Å². The second-order valence-corrected chi connectivity index (χ2v) is 5.35. The highest BCUT2D eigenvalue weighted by molar-refractivity contribution is 5.85. The number of nitrogens with zero attached hydrogens (tertiary/aromatic N) is 3. The molecule has 120 valence electrons. The first-order valence-corrected chi connectivity index (χ1v) is 7.15. The zero-order valence-corrected chi connectivity index (χ0v) is 13.2. The van der Waals surface area contributed by atoms with Crippen molar-refractivity contribution >= 4 is 17.9 Å². The molecule has 1 heterocycles. The Morgan fingerprint density at radius 1 is 1.30 bits per heavy atom. The Balaban J connectivity index is 2.52. The number of anilines is 1. The summed E-state index contributed by atoms with van der Waals surface area (Å²) in [5.41, 5.74) is 1.81. The summed E-state index contributed by atoms with van der Waals surface area (Å²) >= 11 is 0. The Kier molecular flexibility index (Phi) is 5.05. The van der Waals surface area contributed by atoms with Gasteiger partial charge in [-0.15, -0.1) is 0 Å². The molecule has 0 fully saturated rings. The monoisotopic (exact) mass is 315 g/mol. The van der Waals surface area contributed by atoms with Crippen LogP contribution in [0.4, 0.5) is 10.2 Å². The van der Waals surface area contributed by atoms with Gasteiger partial charge in [0, 0.05) is 24.7 Å². The van der Waals surface area contributed by atoms with Crippen molar-refractivity contribution in [2.24, 2.45) is 0 Å². The summed E-state index contributed by atoms with van der Waals surface area (Å²) in [5, 5.41) is 8.72. The van der Waals surface area contributed by atoms with E-state index in [2.05, 4.69) is 9.97 Å². The van der Waals surface area contributed by atoms with Crippen LogP contribution in [0.1, 0.15) is 19.5 Å². The van der Waals surface area contributed by atoms with Gasteiger partial charge in [0.1, 0.15) is 11.5 Å². The summed E-state index contributed by atoms with van der Waals surface area (Å²) in [4.78, 5) is 21.4. The average molecular weight is 315 g/mol. The molecule has 2 rings (SSSR count). The normalized spacial score (nSPS) is 11.2. The Morgan fingerprint density at radius 2 is 1.96 bits per heavy atom. The van der Waals surface area contributed by atoms with Crippen molar-refractivity contribution < 1.29 is 14.3 Å². The van der Waals surface area contributed by atoms with E-state index < -0.39 is 5.97 Å². The van der Waals surface area contributed by atoms with E-state index in [4.69, 9.17) is 5.11 Å². The summed E-state index contributed by atoms with van der Waals surface area (Å²) < 4.78 is 13.1. The minimum atomic E-state index is -1.05. The zero-order valence-electron chi connectivity index (χ0n) is 13.2. The number of hydrogen-bond acceptors (Lipinski definition) is 4. The lowest BCUT2D eigenvalue weighted by molar-refractivity contribution is -0.131. The number of hydrogen-bond donors (Lipinski definition) is 1. The minimum absolute atomic E-state index is 0.169. The van der Waals surface area contributed by atoms with Crippen LogP contribution in [0.3, 0.4) is 0 Å². The fraction of sp³-hybridized carbons (Fsp3) is 0.235. The van der Waals surface area contributed by atoms with Crippen LogP contribution in [-0.4, -0.2) is 34.1 Å². The van der Waals surface area contributed by atoms with Crippen molar-refractivity contribution in [1.82, 2.24) is 9.97 Å². The van der Waals surface area contributed by atoms with Crippen LogP contribution < -0.4 is 4.90 Å². The molecule has 0 unspecified atom stereocenters. The Hall–Kier alpha value is -2.76. The zero-order chi connectivity index (χ0) is 17.0. The van der Waals surface area contributed by atoms with Crippen molar-refractivity contribution in [2.75, 3.05) is 11.9 Å². The Labute approximate surface area is 134 Å². The van der Waals surface area contributed by atoms with Crippen molar-refractivity contribution in [2.45, 2.75) is 19.9 Å². The van der Waals surface area contributed by atoms with Crippen LogP contribution in [0.2, 0.25) is 0 Å². The molecule has 23 heavy (non-hydrogen) atoms. The molecule has 5 nitrogen and oxygen atoms in total. The van der Waals surface area contributed by atoms with E-state index in [-0.39, 0.29) is 11.9 Å². The highest BCUT2D eigenvalue weighted by Gasteiger charge is 2.15. The van der Waals surface area contributed by atoms with Crippen LogP contribution in [0.15, 0.2) is 36.5 Å². The molecule has 6 heteroatoms. The maximum Gasteiger partial charge on any atom is 0.328 e. The molecule has 2 aromatic rings. The summed E-state index contributed by atoms with van der Waals surface area (Å²) in [6.07, 6.45) is 3.90. The highest BCUT2D eigenvalue weighted by Crippen LogP contribution is 2.28. The van der Waals surface area contributed by atoms with Gasteiger partial charge in [0.2, 0.25) is 0 Å². The molecule has 0 aliphatic rings. The molecule has 1 aromatic carbocycles. The summed E-state index contributed by atoms with van der Waals surface area (Å²) in [5.74, 6) is -0.756. The summed E-state index contributed by atoms with van der Waals surface area (Å²) in [6.45, 7) is 4.02. The van der Waals surface area contributed by atoms with Gasteiger partial charge in [-0.2, -0.15) is 0 Å².